The largest absolute Gasteiger partial charge is 0.486 e. The van der Waals surface area contributed by atoms with Crippen LogP contribution in [0, 0.1) is 0 Å². The topological polar surface area (TPSA) is 61.8 Å². The van der Waals surface area contributed by atoms with Gasteiger partial charge in [0, 0.05) is 13.6 Å². The van der Waals surface area contributed by atoms with Crippen LogP contribution in [0.3, 0.4) is 0 Å². The minimum absolute atomic E-state index is 0.222. The van der Waals surface area contributed by atoms with Crippen LogP contribution in [0.5, 0.6) is 5.75 Å². The van der Waals surface area contributed by atoms with E-state index in [1.165, 1.54) is 0 Å². The monoisotopic (exact) mass is 294 g/mol. The van der Waals surface area contributed by atoms with E-state index >= 15 is 0 Å². The van der Waals surface area contributed by atoms with Gasteiger partial charge in [-0.3, -0.25) is 0 Å². The summed E-state index contributed by atoms with van der Waals surface area (Å²) in [6.45, 7) is 8.07. The maximum absolute atomic E-state index is 12.1. The van der Waals surface area contributed by atoms with Gasteiger partial charge in [-0.05, 0) is 46.2 Å². The molecule has 1 aromatic rings. The Morgan fingerprint density at radius 2 is 2.00 bits per heavy atom. The number of nitrogens with zero attached hydrogens (tertiary/aromatic N) is 1. The van der Waals surface area contributed by atoms with Crippen LogP contribution < -0.4 is 10.1 Å². The molecule has 2 amide bonds. The Morgan fingerprint density at radius 1 is 1.38 bits per heavy atom. The summed E-state index contributed by atoms with van der Waals surface area (Å²) in [5, 5.41) is 12.1. The number of carbonyl (C=O) groups is 1. The molecule has 0 bridgehead atoms. The van der Waals surface area contributed by atoms with Gasteiger partial charge >= 0.3 is 6.03 Å². The van der Waals surface area contributed by atoms with Crippen molar-refractivity contribution in [2.75, 3.05) is 18.9 Å². The number of nitrogens with one attached hydrogen (secondary N) is 1. The third-order valence-electron chi connectivity index (χ3n) is 2.77. The zero-order chi connectivity index (χ0) is 16.0. The Hall–Kier alpha value is -1.75. The number of amides is 2. The van der Waals surface area contributed by atoms with Crippen LogP contribution in [0.4, 0.5) is 10.5 Å². The van der Waals surface area contributed by atoms with Gasteiger partial charge in [0.2, 0.25) is 0 Å². The first-order chi connectivity index (χ1) is 9.69. The van der Waals surface area contributed by atoms with Gasteiger partial charge in [-0.15, -0.1) is 0 Å². The number of anilines is 1. The molecule has 0 aromatic heterocycles. The molecule has 1 unspecified atom stereocenters. The van der Waals surface area contributed by atoms with E-state index in [9.17, 15) is 9.90 Å². The fourth-order valence-corrected chi connectivity index (χ4v) is 1.68. The highest BCUT2D eigenvalue weighted by Crippen LogP contribution is 2.27. The number of benzene rings is 1. The minimum Gasteiger partial charge on any atom is -0.486 e. The molecule has 0 aliphatic heterocycles. The number of aliphatic hydroxyl groups is 1. The Kier molecular flexibility index (Phi) is 6.03. The molecule has 0 spiro atoms. The predicted molar refractivity (Wildman–Crippen MR) is 84.8 cm³/mol. The summed E-state index contributed by atoms with van der Waals surface area (Å²) < 4.78 is 5.84. The lowest BCUT2D eigenvalue weighted by Crippen LogP contribution is -2.33. The fourth-order valence-electron chi connectivity index (χ4n) is 1.68. The number of rotatable bonds is 5. The molecular formula is C16H26N2O3. The van der Waals surface area contributed by atoms with E-state index in [-0.39, 0.29) is 11.6 Å². The second-order valence-electron chi connectivity index (χ2n) is 6.20. The van der Waals surface area contributed by atoms with Crippen molar-refractivity contribution in [1.82, 2.24) is 4.90 Å². The molecule has 0 saturated heterocycles. The van der Waals surface area contributed by atoms with E-state index in [4.69, 9.17) is 4.74 Å². The van der Waals surface area contributed by atoms with Gasteiger partial charge < -0.3 is 20.1 Å². The van der Waals surface area contributed by atoms with Gasteiger partial charge in [0.25, 0.3) is 0 Å². The maximum atomic E-state index is 12.1. The van der Waals surface area contributed by atoms with Crippen molar-refractivity contribution < 1.29 is 14.6 Å². The van der Waals surface area contributed by atoms with E-state index in [2.05, 4.69) is 5.32 Å². The van der Waals surface area contributed by atoms with Gasteiger partial charge in [0.15, 0.2) is 0 Å². The molecule has 0 radical (unpaired) electrons. The Bertz CT molecular complexity index is 467. The zero-order valence-electron chi connectivity index (χ0n) is 13.5. The lowest BCUT2D eigenvalue weighted by Gasteiger charge is -2.24. The summed E-state index contributed by atoms with van der Waals surface area (Å²) >= 11 is 0. The molecule has 5 nitrogen and oxygen atoms in total. The molecule has 1 rings (SSSR count). The smallest absolute Gasteiger partial charge is 0.321 e. The summed E-state index contributed by atoms with van der Waals surface area (Å²) in [5.41, 5.74) is 0.306. The van der Waals surface area contributed by atoms with E-state index in [0.717, 1.165) is 0 Å². The summed E-state index contributed by atoms with van der Waals surface area (Å²) in [7, 11) is 1.70. The van der Waals surface area contributed by atoms with Gasteiger partial charge in [-0.25, -0.2) is 4.79 Å². The van der Waals surface area contributed by atoms with E-state index < -0.39 is 6.10 Å². The number of hydrogen-bond donors (Lipinski definition) is 2. The molecule has 118 valence electrons. The van der Waals surface area contributed by atoms with Crippen molar-refractivity contribution in [2.24, 2.45) is 0 Å². The normalized spacial score (nSPS) is 12.7. The highest BCUT2D eigenvalue weighted by molar-refractivity contribution is 5.90. The standard InChI is InChI=1S/C16H26N2O3/c1-12(19)10-11-18(5)15(20)17-13-8-6-7-9-14(13)21-16(2,3)4/h6-9,12,19H,10-11H2,1-5H3,(H,17,20). The molecular weight excluding hydrogens is 268 g/mol. The van der Waals surface area contributed by atoms with Crippen molar-refractivity contribution in [1.29, 1.82) is 0 Å². The Balaban J connectivity index is 2.72. The van der Waals surface area contributed by atoms with Crippen LogP contribution in [-0.4, -0.2) is 41.3 Å². The molecule has 1 aromatic carbocycles. The Morgan fingerprint density at radius 3 is 2.57 bits per heavy atom. The van der Waals surface area contributed by atoms with Crippen molar-refractivity contribution in [3.63, 3.8) is 0 Å². The summed E-state index contributed by atoms with van der Waals surface area (Å²) in [4.78, 5) is 13.7. The van der Waals surface area contributed by atoms with Crippen molar-refractivity contribution in [3.8, 4) is 5.75 Å². The molecule has 0 aliphatic carbocycles. The molecule has 0 heterocycles. The number of carbonyl (C=O) groups excluding carboxylic acids is 1. The van der Waals surface area contributed by atoms with Gasteiger partial charge in [-0.1, -0.05) is 12.1 Å². The number of aliphatic hydroxyl groups excluding tert-OH is 1. The molecule has 5 heteroatoms. The molecule has 0 saturated carbocycles. The summed E-state index contributed by atoms with van der Waals surface area (Å²) in [5.74, 6) is 0.641. The lowest BCUT2D eigenvalue weighted by molar-refractivity contribution is 0.131. The summed E-state index contributed by atoms with van der Waals surface area (Å²) in [6.07, 6.45) is 0.126. The van der Waals surface area contributed by atoms with Gasteiger partial charge in [0.1, 0.15) is 11.4 Å². The third-order valence-corrected chi connectivity index (χ3v) is 2.77. The molecule has 1 atom stereocenters. The fraction of sp³-hybridized carbons (Fsp3) is 0.562. The second-order valence-corrected chi connectivity index (χ2v) is 6.20. The van der Waals surface area contributed by atoms with E-state index in [0.29, 0.717) is 24.4 Å². The first kappa shape index (κ1) is 17.3. The van der Waals surface area contributed by atoms with Crippen LogP contribution in [0.15, 0.2) is 24.3 Å². The van der Waals surface area contributed by atoms with E-state index in [1.807, 2.05) is 45.0 Å². The van der Waals surface area contributed by atoms with E-state index in [1.54, 1.807) is 18.9 Å². The number of para-hydroxylation sites is 2. The average molecular weight is 294 g/mol. The quantitative estimate of drug-likeness (QED) is 0.877. The maximum Gasteiger partial charge on any atom is 0.321 e. The van der Waals surface area contributed by atoms with Crippen LogP contribution in [0.2, 0.25) is 0 Å². The average Bonchev–Trinajstić information content (AvgIpc) is 2.36. The highest BCUT2D eigenvalue weighted by Gasteiger charge is 2.16. The lowest BCUT2D eigenvalue weighted by atomic mass is 10.2. The molecule has 0 fully saturated rings. The molecule has 0 aliphatic rings. The second kappa shape index (κ2) is 7.31. The predicted octanol–water partition coefficient (Wildman–Crippen LogP) is 3.10. The number of hydrogen-bond acceptors (Lipinski definition) is 3. The number of ether oxygens (including phenoxy) is 1. The van der Waals surface area contributed by atoms with Crippen molar-refractivity contribution >= 4 is 11.7 Å². The van der Waals surface area contributed by atoms with Crippen LogP contribution >= 0.6 is 0 Å². The highest BCUT2D eigenvalue weighted by atomic mass is 16.5. The number of urea groups is 1. The Labute approximate surface area is 126 Å². The molecule has 21 heavy (non-hydrogen) atoms. The SMILES string of the molecule is CC(O)CCN(C)C(=O)Nc1ccccc1OC(C)(C)C. The molecule has 2 N–H and O–H groups in total. The zero-order valence-corrected chi connectivity index (χ0v) is 13.5. The minimum atomic E-state index is -0.420. The van der Waals surface area contributed by atoms with Crippen molar-refractivity contribution in [2.45, 2.75) is 45.8 Å². The van der Waals surface area contributed by atoms with Crippen LogP contribution in [0.25, 0.3) is 0 Å². The first-order valence-corrected chi connectivity index (χ1v) is 7.17. The van der Waals surface area contributed by atoms with Crippen molar-refractivity contribution in [3.05, 3.63) is 24.3 Å². The van der Waals surface area contributed by atoms with Crippen LogP contribution in [0.1, 0.15) is 34.1 Å². The third kappa shape index (κ3) is 6.49. The van der Waals surface area contributed by atoms with Gasteiger partial charge in [0.05, 0.1) is 11.8 Å². The first-order valence-electron chi connectivity index (χ1n) is 7.17. The summed E-state index contributed by atoms with van der Waals surface area (Å²) in [6, 6.07) is 7.13. The van der Waals surface area contributed by atoms with Crippen LogP contribution in [-0.2, 0) is 0 Å². The van der Waals surface area contributed by atoms with Gasteiger partial charge in [-0.2, -0.15) is 0 Å².